The lowest BCUT2D eigenvalue weighted by atomic mass is 10.0. The SMILES string of the molecule is CC(C)CCCCCCC/C=C\CCCCCCCCP=O. The zero-order valence-electron chi connectivity index (χ0n) is 15.2. The average molecular weight is 327 g/mol. The van der Waals surface area contributed by atoms with Crippen molar-refractivity contribution in [2.75, 3.05) is 6.16 Å². The quantitative estimate of drug-likeness (QED) is 0.150. The van der Waals surface area contributed by atoms with Crippen LogP contribution in [0.4, 0.5) is 0 Å². The van der Waals surface area contributed by atoms with Gasteiger partial charge in [-0.2, -0.15) is 0 Å². The number of rotatable bonds is 17. The third kappa shape index (κ3) is 19.8. The molecule has 0 fully saturated rings. The summed E-state index contributed by atoms with van der Waals surface area (Å²) in [5, 5.41) is 0. The van der Waals surface area contributed by atoms with E-state index in [9.17, 15) is 4.57 Å². The van der Waals surface area contributed by atoms with Crippen molar-refractivity contribution in [1.82, 2.24) is 0 Å². The molecule has 130 valence electrons. The summed E-state index contributed by atoms with van der Waals surface area (Å²) in [5.74, 6) is 0.875. The summed E-state index contributed by atoms with van der Waals surface area (Å²) in [6, 6.07) is 0. The molecule has 0 atom stereocenters. The predicted molar refractivity (Wildman–Crippen MR) is 101 cm³/mol. The molecular formula is C20H39OP. The Hall–Kier alpha value is -0.160. The highest BCUT2D eigenvalue weighted by molar-refractivity contribution is 7.23. The molecule has 0 aromatic rings. The molecule has 0 N–H and O–H groups in total. The van der Waals surface area contributed by atoms with Crippen molar-refractivity contribution in [3.8, 4) is 0 Å². The highest BCUT2D eigenvalue weighted by atomic mass is 31.1. The van der Waals surface area contributed by atoms with Gasteiger partial charge < -0.3 is 0 Å². The summed E-state index contributed by atoms with van der Waals surface area (Å²) in [4.78, 5) is 0. The Balaban J connectivity index is 3.07. The summed E-state index contributed by atoms with van der Waals surface area (Å²) in [6.07, 6.45) is 24.3. The summed E-state index contributed by atoms with van der Waals surface area (Å²) in [5.41, 5.74) is 0. The first kappa shape index (κ1) is 21.8. The third-order valence-corrected chi connectivity index (χ3v) is 4.69. The molecule has 22 heavy (non-hydrogen) atoms. The monoisotopic (exact) mass is 326 g/mol. The summed E-state index contributed by atoms with van der Waals surface area (Å²) in [6.45, 7) is 4.64. The van der Waals surface area contributed by atoms with Crippen molar-refractivity contribution in [1.29, 1.82) is 0 Å². The Morgan fingerprint density at radius 3 is 1.64 bits per heavy atom. The second kappa shape index (κ2) is 18.9. The minimum Gasteiger partial charge on any atom is -0.275 e. The summed E-state index contributed by atoms with van der Waals surface area (Å²) in [7, 11) is 0.319. The molecule has 0 radical (unpaired) electrons. The molecule has 0 aromatic carbocycles. The standard InChI is InChI=1S/C20H39OP/c1-20(2)18-16-14-12-10-8-6-4-3-5-7-9-11-13-15-17-19-22-21/h3-4,20H,5-19H2,1-2H3/b4-3-. The number of allylic oxidation sites excluding steroid dienone is 2. The molecule has 0 heterocycles. The van der Waals surface area contributed by atoms with Crippen LogP contribution < -0.4 is 0 Å². The average Bonchev–Trinajstić information content (AvgIpc) is 2.50. The van der Waals surface area contributed by atoms with Crippen molar-refractivity contribution in [3.63, 3.8) is 0 Å². The molecule has 0 aliphatic rings. The van der Waals surface area contributed by atoms with Gasteiger partial charge in [0.05, 0.1) is 0 Å². The van der Waals surface area contributed by atoms with Gasteiger partial charge in [-0.3, -0.25) is 4.57 Å². The topological polar surface area (TPSA) is 17.1 Å². The maximum atomic E-state index is 10.3. The Morgan fingerprint density at radius 2 is 1.14 bits per heavy atom. The Morgan fingerprint density at radius 1 is 0.682 bits per heavy atom. The maximum Gasteiger partial charge on any atom is 0.155 e. The van der Waals surface area contributed by atoms with Crippen LogP contribution in [0.15, 0.2) is 12.2 Å². The Labute approximate surface area is 141 Å². The molecule has 0 aromatic heterocycles. The molecule has 0 aliphatic heterocycles. The van der Waals surface area contributed by atoms with Crippen molar-refractivity contribution < 1.29 is 4.57 Å². The van der Waals surface area contributed by atoms with Gasteiger partial charge in [0.2, 0.25) is 0 Å². The maximum absolute atomic E-state index is 10.3. The third-order valence-electron chi connectivity index (χ3n) is 4.19. The van der Waals surface area contributed by atoms with Crippen LogP contribution in [0.5, 0.6) is 0 Å². The molecular weight excluding hydrogens is 287 g/mol. The molecule has 0 bridgehead atoms. The van der Waals surface area contributed by atoms with E-state index < -0.39 is 0 Å². The van der Waals surface area contributed by atoms with Gasteiger partial charge in [-0.15, -0.1) is 0 Å². The van der Waals surface area contributed by atoms with E-state index in [2.05, 4.69) is 26.0 Å². The van der Waals surface area contributed by atoms with Crippen LogP contribution in [0.25, 0.3) is 0 Å². The summed E-state index contributed by atoms with van der Waals surface area (Å²) >= 11 is 0. The van der Waals surface area contributed by atoms with E-state index >= 15 is 0 Å². The molecule has 0 amide bonds. The molecule has 0 spiro atoms. The van der Waals surface area contributed by atoms with Gasteiger partial charge in [-0.1, -0.05) is 83.8 Å². The van der Waals surface area contributed by atoms with Crippen LogP contribution in [0, 0.1) is 5.92 Å². The van der Waals surface area contributed by atoms with Crippen LogP contribution in [-0.4, -0.2) is 6.16 Å². The Bertz CT molecular complexity index is 248. The van der Waals surface area contributed by atoms with Crippen molar-refractivity contribution in [3.05, 3.63) is 12.2 Å². The van der Waals surface area contributed by atoms with Crippen molar-refractivity contribution in [2.45, 2.75) is 104 Å². The second-order valence-electron chi connectivity index (χ2n) is 6.97. The summed E-state index contributed by atoms with van der Waals surface area (Å²) < 4.78 is 10.3. The van der Waals surface area contributed by atoms with Crippen LogP contribution in [0.3, 0.4) is 0 Å². The molecule has 0 aliphatic carbocycles. The van der Waals surface area contributed by atoms with Gasteiger partial charge in [0, 0.05) is 6.16 Å². The lowest BCUT2D eigenvalue weighted by Gasteiger charge is -2.03. The smallest absolute Gasteiger partial charge is 0.155 e. The van der Waals surface area contributed by atoms with E-state index in [1.807, 2.05) is 0 Å². The van der Waals surface area contributed by atoms with Gasteiger partial charge in [0.1, 0.15) is 0 Å². The second-order valence-corrected chi connectivity index (χ2v) is 7.68. The largest absolute Gasteiger partial charge is 0.275 e. The zero-order chi connectivity index (χ0) is 16.3. The van der Waals surface area contributed by atoms with Crippen LogP contribution in [0.2, 0.25) is 0 Å². The van der Waals surface area contributed by atoms with E-state index in [4.69, 9.17) is 0 Å². The number of hydrogen-bond acceptors (Lipinski definition) is 1. The van der Waals surface area contributed by atoms with Gasteiger partial charge in [-0.05, 0) is 38.0 Å². The van der Waals surface area contributed by atoms with Crippen molar-refractivity contribution in [2.24, 2.45) is 5.92 Å². The normalized spacial score (nSPS) is 12.0. The molecule has 0 rings (SSSR count). The molecule has 0 saturated heterocycles. The van der Waals surface area contributed by atoms with Gasteiger partial charge >= 0.3 is 0 Å². The van der Waals surface area contributed by atoms with Gasteiger partial charge in [0.25, 0.3) is 0 Å². The van der Waals surface area contributed by atoms with E-state index in [0.29, 0.717) is 8.46 Å². The van der Waals surface area contributed by atoms with Crippen LogP contribution in [0.1, 0.15) is 104 Å². The molecule has 2 heteroatoms. The van der Waals surface area contributed by atoms with Crippen LogP contribution in [-0.2, 0) is 4.57 Å². The fraction of sp³-hybridized carbons (Fsp3) is 0.900. The first-order valence-corrected chi connectivity index (χ1v) is 10.7. The fourth-order valence-corrected chi connectivity index (χ4v) is 3.08. The van der Waals surface area contributed by atoms with E-state index in [1.165, 1.54) is 83.5 Å². The number of unbranched alkanes of at least 4 members (excludes halogenated alkanes) is 11. The van der Waals surface area contributed by atoms with E-state index in [0.717, 1.165) is 18.5 Å². The lowest BCUT2D eigenvalue weighted by Crippen LogP contribution is -1.87. The van der Waals surface area contributed by atoms with Crippen LogP contribution >= 0.6 is 8.46 Å². The van der Waals surface area contributed by atoms with E-state index in [1.54, 1.807) is 0 Å². The molecule has 0 unspecified atom stereocenters. The predicted octanol–water partition coefficient (Wildman–Crippen LogP) is 7.95. The highest BCUT2D eigenvalue weighted by Crippen LogP contribution is 2.12. The number of hydrogen-bond donors (Lipinski definition) is 0. The minimum atomic E-state index is 0.319. The highest BCUT2D eigenvalue weighted by Gasteiger charge is 1.94. The van der Waals surface area contributed by atoms with E-state index in [-0.39, 0.29) is 0 Å². The fourth-order valence-electron chi connectivity index (χ4n) is 2.73. The van der Waals surface area contributed by atoms with Gasteiger partial charge in [0.15, 0.2) is 8.46 Å². The molecule has 1 nitrogen and oxygen atoms in total. The first-order chi connectivity index (χ1) is 10.8. The zero-order valence-corrected chi connectivity index (χ0v) is 16.1. The Kier molecular flexibility index (Phi) is 18.8. The van der Waals surface area contributed by atoms with Gasteiger partial charge in [-0.25, -0.2) is 0 Å². The molecule has 0 saturated carbocycles. The van der Waals surface area contributed by atoms with Crippen molar-refractivity contribution >= 4 is 8.46 Å². The first-order valence-electron chi connectivity index (χ1n) is 9.71. The lowest BCUT2D eigenvalue weighted by molar-refractivity contribution is 0.516. The minimum absolute atomic E-state index is 0.319.